The zero-order valence-corrected chi connectivity index (χ0v) is 13.1. The number of amides is 2. The topological polar surface area (TPSA) is 69.6 Å². The second-order valence-corrected chi connectivity index (χ2v) is 6.52. The third-order valence-corrected chi connectivity index (χ3v) is 4.13. The summed E-state index contributed by atoms with van der Waals surface area (Å²) in [5.74, 6) is -0.911. The number of carboxylic acids is 1. The van der Waals surface area contributed by atoms with Crippen LogP contribution in [0.3, 0.4) is 0 Å². The van der Waals surface area contributed by atoms with Crippen molar-refractivity contribution >= 4 is 12.0 Å². The molecule has 0 spiro atoms. The molecular weight excluding hydrogens is 256 g/mol. The third-order valence-electron chi connectivity index (χ3n) is 4.13. The summed E-state index contributed by atoms with van der Waals surface area (Å²) in [6.07, 6.45) is 4.77. The molecule has 0 aromatic rings. The molecule has 1 rings (SSSR count). The molecule has 2 unspecified atom stereocenters. The van der Waals surface area contributed by atoms with Crippen LogP contribution in [0, 0.1) is 5.41 Å². The van der Waals surface area contributed by atoms with E-state index in [1.165, 1.54) is 4.90 Å². The number of aliphatic carboxylic acids is 1. The highest BCUT2D eigenvalue weighted by Gasteiger charge is 2.44. The van der Waals surface area contributed by atoms with Crippen molar-refractivity contribution in [3.05, 3.63) is 0 Å². The minimum absolute atomic E-state index is 0.0851. The highest BCUT2D eigenvalue weighted by Crippen LogP contribution is 2.35. The quantitative estimate of drug-likeness (QED) is 0.815. The van der Waals surface area contributed by atoms with Crippen LogP contribution in [0.4, 0.5) is 4.79 Å². The highest BCUT2D eigenvalue weighted by molar-refractivity contribution is 5.83. The molecule has 1 heterocycles. The molecule has 1 fully saturated rings. The Balaban J connectivity index is 2.71. The SMILES string of the molecule is CCCCC(C)NC(=O)N1CCCC(C)(C)C1C(=O)O. The molecule has 0 aromatic carbocycles. The Morgan fingerprint density at radius 3 is 2.65 bits per heavy atom. The number of nitrogens with one attached hydrogen (secondary N) is 1. The van der Waals surface area contributed by atoms with E-state index in [2.05, 4.69) is 12.2 Å². The van der Waals surface area contributed by atoms with Crippen LogP contribution in [-0.2, 0) is 4.79 Å². The maximum Gasteiger partial charge on any atom is 0.327 e. The number of unbranched alkanes of at least 4 members (excludes halogenated alkanes) is 1. The largest absolute Gasteiger partial charge is 0.480 e. The van der Waals surface area contributed by atoms with E-state index in [-0.39, 0.29) is 17.5 Å². The fourth-order valence-electron chi connectivity index (χ4n) is 2.96. The van der Waals surface area contributed by atoms with Gasteiger partial charge in [-0.3, -0.25) is 0 Å². The molecule has 2 atom stereocenters. The molecule has 0 aromatic heterocycles. The van der Waals surface area contributed by atoms with Gasteiger partial charge < -0.3 is 15.3 Å². The van der Waals surface area contributed by atoms with Gasteiger partial charge in [0.15, 0.2) is 0 Å². The lowest BCUT2D eigenvalue weighted by Crippen LogP contribution is -2.59. The minimum atomic E-state index is -0.911. The van der Waals surface area contributed by atoms with Crippen molar-refractivity contribution in [1.82, 2.24) is 10.2 Å². The van der Waals surface area contributed by atoms with E-state index in [0.717, 1.165) is 32.1 Å². The van der Waals surface area contributed by atoms with Crippen molar-refractivity contribution in [2.45, 2.75) is 71.9 Å². The molecule has 116 valence electrons. The maximum atomic E-state index is 12.3. The lowest BCUT2D eigenvalue weighted by Gasteiger charge is -2.44. The van der Waals surface area contributed by atoms with Gasteiger partial charge in [-0.25, -0.2) is 9.59 Å². The number of nitrogens with zero attached hydrogens (tertiary/aromatic N) is 1. The Hall–Kier alpha value is -1.26. The van der Waals surface area contributed by atoms with Gasteiger partial charge in [-0.15, -0.1) is 0 Å². The molecule has 2 amide bonds. The monoisotopic (exact) mass is 284 g/mol. The van der Waals surface area contributed by atoms with Crippen molar-refractivity contribution in [3.63, 3.8) is 0 Å². The lowest BCUT2D eigenvalue weighted by atomic mass is 9.76. The maximum absolute atomic E-state index is 12.3. The fourth-order valence-corrected chi connectivity index (χ4v) is 2.96. The van der Waals surface area contributed by atoms with E-state index in [0.29, 0.717) is 6.54 Å². The van der Waals surface area contributed by atoms with Gasteiger partial charge in [0.1, 0.15) is 6.04 Å². The van der Waals surface area contributed by atoms with Crippen LogP contribution in [0.5, 0.6) is 0 Å². The van der Waals surface area contributed by atoms with Crippen LogP contribution >= 0.6 is 0 Å². The van der Waals surface area contributed by atoms with Gasteiger partial charge in [-0.1, -0.05) is 33.6 Å². The summed E-state index contributed by atoms with van der Waals surface area (Å²) in [5.41, 5.74) is -0.381. The summed E-state index contributed by atoms with van der Waals surface area (Å²) in [6, 6.07) is -0.898. The summed E-state index contributed by atoms with van der Waals surface area (Å²) >= 11 is 0. The Morgan fingerprint density at radius 1 is 1.45 bits per heavy atom. The van der Waals surface area contributed by atoms with Crippen LogP contribution in [0.1, 0.15) is 59.8 Å². The lowest BCUT2D eigenvalue weighted by molar-refractivity contribution is -0.148. The first-order valence-corrected chi connectivity index (χ1v) is 7.59. The van der Waals surface area contributed by atoms with E-state index in [1.807, 2.05) is 20.8 Å². The number of piperidine rings is 1. The Labute approximate surface area is 121 Å². The summed E-state index contributed by atoms with van der Waals surface area (Å²) in [5, 5.41) is 12.4. The van der Waals surface area contributed by atoms with Crippen LogP contribution < -0.4 is 5.32 Å². The first-order valence-electron chi connectivity index (χ1n) is 7.59. The molecule has 20 heavy (non-hydrogen) atoms. The summed E-state index contributed by atoms with van der Waals surface area (Å²) in [7, 11) is 0. The predicted octanol–water partition coefficient (Wildman–Crippen LogP) is 2.85. The van der Waals surface area contributed by atoms with Crippen LogP contribution in [-0.4, -0.2) is 40.6 Å². The standard InChI is InChI=1S/C15H28N2O3/c1-5-6-8-11(2)16-14(20)17-10-7-9-15(3,4)12(17)13(18)19/h11-12H,5-10H2,1-4H3,(H,16,20)(H,18,19). The first-order chi connectivity index (χ1) is 9.29. The average Bonchev–Trinajstić information content (AvgIpc) is 2.34. The fraction of sp³-hybridized carbons (Fsp3) is 0.867. The molecule has 1 aliphatic heterocycles. The number of urea groups is 1. The number of carbonyl (C=O) groups excluding carboxylic acids is 1. The number of carbonyl (C=O) groups is 2. The van der Waals surface area contributed by atoms with Crippen LogP contribution in [0.2, 0.25) is 0 Å². The molecular formula is C15H28N2O3. The van der Waals surface area contributed by atoms with Crippen molar-refractivity contribution in [3.8, 4) is 0 Å². The van der Waals surface area contributed by atoms with Gasteiger partial charge in [-0.2, -0.15) is 0 Å². The van der Waals surface area contributed by atoms with Crippen molar-refractivity contribution in [2.24, 2.45) is 5.41 Å². The number of likely N-dealkylation sites (tertiary alicyclic amines) is 1. The molecule has 1 saturated heterocycles. The second kappa shape index (κ2) is 6.95. The van der Waals surface area contributed by atoms with E-state index < -0.39 is 12.0 Å². The van der Waals surface area contributed by atoms with Crippen molar-refractivity contribution < 1.29 is 14.7 Å². The van der Waals surface area contributed by atoms with Gasteiger partial charge >= 0.3 is 12.0 Å². The Bertz CT molecular complexity index is 355. The molecule has 5 nitrogen and oxygen atoms in total. The van der Waals surface area contributed by atoms with Crippen molar-refractivity contribution in [2.75, 3.05) is 6.54 Å². The third kappa shape index (κ3) is 4.12. The van der Waals surface area contributed by atoms with E-state index >= 15 is 0 Å². The van der Waals surface area contributed by atoms with E-state index in [4.69, 9.17) is 0 Å². The second-order valence-electron chi connectivity index (χ2n) is 6.52. The molecule has 2 N–H and O–H groups in total. The number of hydrogen-bond acceptors (Lipinski definition) is 2. The first kappa shape index (κ1) is 16.8. The zero-order valence-electron chi connectivity index (χ0n) is 13.1. The number of hydrogen-bond donors (Lipinski definition) is 2. The molecule has 5 heteroatoms. The zero-order chi connectivity index (χ0) is 15.3. The van der Waals surface area contributed by atoms with E-state index in [9.17, 15) is 14.7 Å². The van der Waals surface area contributed by atoms with Crippen molar-refractivity contribution in [1.29, 1.82) is 0 Å². The van der Waals surface area contributed by atoms with Gasteiger partial charge in [0.05, 0.1) is 0 Å². The van der Waals surface area contributed by atoms with Crippen LogP contribution in [0.25, 0.3) is 0 Å². The summed E-state index contributed by atoms with van der Waals surface area (Å²) in [4.78, 5) is 25.3. The Morgan fingerprint density at radius 2 is 2.10 bits per heavy atom. The number of rotatable bonds is 5. The molecule has 1 aliphatic rings. The van der Waals surface area contributed by atoms with E-state index in [1.54, 1.807) is 0 Å². The minimum Gasteiger partial charge on any atom is -0.480 e. The van der Waals surface area contributed by atoms with Gasteiger partial charge in [0, 0.05) is 12.6 Å². The number of carboxylic acid groups (broad SMARTS) is 1. The molecule has 0 saturated carbocycles. The van der Waals surface area contributed by atoms with Gasteiger partial charge in [0.25, 0.3) is 0 Å². The molecule has 0 radical (unpaired) electrons. The molecule has 0 bridgehead atoms. The molecule has 0 aliphatic carbocycles. The predicted molar refractivity (Wildman–Crippen MR) is 78.7 cm³/mol. The van der Waals surface area contributed by atoms with Gasteiger partial charge in [-0.05, 0) is 31.6 Å². The summed E-state index contributed by atoms with van der Waals surface area (Å²) in [6.45, 7) is 8.45. The Kier molecular flexibility index (Phi) is 5.84. The van der Waals surface area contributed by atoms with Crippen LogP contribution in [0.15, 0.2) is 0 Å². The normalized spacial score (nSPS) is 23.2. The smallest absolute Gasteiger partial charge is 0.327 e. The van der Waals surface area contributed by atoms with Gasteiger partial charge in [0.2, 0.25) is 0 Å². The highest BCUT2D eigenvalue weighted by atomic mass is 16.4. The summed E-state index contributed by atoms with van der Waals surface area (Å²) < 4.78 is 0. The average molecular weight is 284 g/mol.